The summed E-state index contributed by atoms with van der Waals surface area (Å²) < 4.78 is 5.48. The van der Waals surface area contributed by atoms with E-state index in [0.717, 1.165) is 35.9 Å². The van der Waals surface area contributed by atoms with Crippen molar-refractivity contribution in [3.8, 4) is 0 Å². The topological polar surface area (TPSA) is 92.8 Å². The molecule has 1 atom stereocenters. The van der Waals surface area contributed by atoms with Gasteiger partial charge in [0.15, 0.2) is 5.65 Å². The maximum absolute atomic E-state index is 11.9. The summed E-state index contributed by atoms with van der Waals surface area (Å²) in [4.78, 5) is 19.6. The molecule has 0 bridgehead atoms. The second-order valence-corrected chi connectivity index (χ2v) is 6.63. The first-order chi connectivity index (χ1) is 11.8. The molecule has 0 radical (unpaired) electrons. The van der Waals surface area contributed by atoms with Crippen LogP contribution >= 0.6 is 11.8 Å². The second-order valence-electron chi connectivity index (χ2n) is 5.69. The number of H-pyrrole nitrogens is 1. The van der Waals surface area contributed by atoms with E-state index in [1.807, 2.05) is 24.3 Å². The van der Waals surface area contributed by atoms with Crippen LogP contribution in [0.1, 0.15) is 12.8 Å². The molecule has 1 saturated heterocycles. The van der Waals surface area contributed by atoms with Gasteiger partial charge < -0.3 is 15.0 Å². The number of aromatic amines is 1. The summed E-state index contributed by atoms with van der Waals surface area (Å²) in [6, 6.07) is 7.87. The van der Waals surface area contributed by atoms with Gasteiger partial charge in [-0.15, -0.1) is 10.2 Å². The van der Waals surface area contributed by atoms with Crippen LogP contribution in [-0.4, -0.2) is 51.1 Å². The largest absolute Gasteiger partial charge is 0.376 e. The van der Waals surface area contributed by atoms with Gasteiger partial charge in [-0.2, -0.15) is 0 Å². The highest BCUT2D eigenvalue weighted by Crippen LogP contribution is 2.23. The van der Waals surface area contributed by atoms with Crippen LogP contribution in [0.5, 0.6) is 0 Å². The molecule has 1 fully saturated rings. The molecule has 0 saturated carbocycles. The zero-order valence-electron chi connectivity index (χ0n) is 13.0. The number of benzene rings is 1. The van der Waals surface area contributed by atoms with Crippen LogP contribution in [0.15, 0.2) is 29.4 Å². The number of thioether (sulfide) groups is 1. The van der Waals surface area contributed by atoms with E-state index < -0.39 is 0 Å². The summed E-state index contributed by atoms with van der Waals surface area (Å²) in [7, 11) is 0. The average molecular weight is 343 g/mol. The Kier molecular flexibility index (Phi) is 4.31. The number of nitrogens with zero attached hydrogens (tertiary/aromatic N) is 3. The number of nitrogens with one attached hydrogen (secondary N) is 2. The predicted octanol–water partition coefficient (Wildman–Crippen LogP) is 1.89. The minimum atomic E-state index is -0.0455. The van der Waals surface area contributed by atoms with Crippen LogP contribution in [0.25, 0.3) is 22.1 Å². The summed E-state index contributed by atoms with van der Waals surface area (Å²) in [5.41, 5.74) is 2.41. The Bertz CT molecular complexity index is 875. The van der Waals surface area contributed by atoms with E-state index >= 15 is 0 Å². The monoisotopic (exact) mass is 343 g/mol. The van der Waals surface area contributed by atoms with E-state index in [2.05, 4.69) is 25.5 Å². The third-order valence-corrected chi connectivity index (χ3v) is 4.82. The van der Waals surface area contributed by atoms with Crippen LogP contribution in [0.4, 0.5) is 0 Å². The predicted molar refractivity (Wildman–Crippen MR) is 91.9 cm³/mol. The summed E-state index contributed by atoms with van der Waals surface area (Å²) in [6.07, 6.45) is 2.23. The Morgan fingerprint density at radius 1 is 1.38 bits per heavy atom. The summed E-state index contributed by atoms with van der Waals surface area (Å²) in [5, 5.41) is 12.7. The lowest BCUT2D eigenvalue weighted by molar-refractivity contribution is -0.119. The van der Waals surface area contributed by atoms with E-state index in [1.165, 1.54) is 11.8 Å². The van der Waals surface area contributed by atoms with Crippen molar-refractivity contribution in [3.63, 3.8) is 0 Å². The van der Waals surface area contributed by atoms with Crippen molar-refractivity contribution in [2.45, 2.75) is 24.1 Å². The Hall–Kier alpha value is -2.19. The number of hydrogen-bond donors (Lipinski definition) is 2. The minimum absolute atomic E-state index is 0.0455. The normalized spacial score (nSPS) is 17.6. The Labute approximate surface area is 142 Å². The lowest BCUT2D eigenvalue weighted by Gasteiger charge is -2.10. The van der Waals surface area contributed by atoms with Crippen LogP contribution in [0.2, 0.25) is 0 Å². The molecule has 2 N–H and O–H groups in total. The van der Waals surface area contributed by atoms with Gasteiger partial charge in [-0.1, -0.05) is 30.0 Å². The Morgan fingerprint density at radius 2 is 2.29 bits per heavy atom. The first-order valence-corrected chi connectivity index (χ1v) is 8.90. The number of ether oxygens (including phenoxy) is 1. The molecule has 1 aliphatic rings. The number of aromatic nitrogens is 4. The Morgan fingerprint density at radius 3 is 3.17 bits per heavy atom. The Balaban J connectivity index is 1.39. The summed E-state index contributed by atoms with van der Waals surface area (Å²) in [6.45, 7) is 1.36. The number of carbonyl (C=O) groups is 1. The molecule has 7 nitrogen and oxygen atoms in total. The molecule has 2 aromatic heterocycles. The van der Waals surface area contributed by atoms with Crippen molar-refractivity contribution in [1.29, 1.82) is 0 Å². The molecule has 3 heterocycles. The zero-order chi connectivity index (χ0) is 16.4. The number of fused-ring (bicyclic) bond motifs is 3. The average Bonchev–Trinajstić information content (AvgIpc) is 3.25. The van der Waals surface area contributed by atoms with Crippen molar-refractivity contribution < 1.29 is 9.53 Å². The third kappa shape index (κ3) is 3.20. The van der Waals surface area contributed by atoms with Crippen LogP contribution in [0, 0.1) is 0 Å². The fourth-order valence-corrected chi connectivity index (χ4v) is 3.40. The lowest BCUT2D eigenvalue weighted by Crippen LogP contribution is -2.32. The number of para-hydroxylation sites is 1. The van der Waals surface area contributed by atoms with Gasteiger partial charge in [0.05, 0.1) is 11.9 Å². The van der Waals surface area contributed by atoms with Gasteiger partial charge in [0.2, 0.25) is 11.1 Å². The van der Waals surface area contributed by atoms with Gasteiger partial charge in [0, 0.05) is 24.1 Å². The third-order valence-electron chi connectivity index (χ3n) is 3.99. The van der Waals surface area contributed by atoms with Gasteiger partial charge in [-0.05, 0) is 18.9 Å². The van der Waals surface area contributed by atoms with Crippen molar-refractivity contribution in [2.24, 2.45) is 0 Å². The maximum atomic E-state index is 11.9. The number of rotatable bonds is 5. The molecule has 1 aromatic carbocycles. The molecular formula is C16H17N5O2S. The molecule has 0 aliphatic carbocycles. The molecule has 1 aliphatic heterocycles. The standard InChI is InChI=1S/C16H17N5O2S/c22-13(17-8-10-4-3-7-23-10)9-24-16-19-15-14(20-21-16)11-5-1-2-6-12(11)18-15/h1-2,5-6,10H,3-4,7-9H2,(H,17,22)(H,18,19,21)/t10-/m1/s1. The van der Waals surface area contributed by atoms with Crippen LogP contribution < -0.4 is 5.32 Å². The molecule has 4 rings (SSSR count). The van der Waals surface area contributed by atoms with Gasteiger partial charge in [-0.3, -0.25) is 4.79 Å². The van der Waals surface area contributed by atoms with E-state index in [9.17, 15) is 4.79 Å². The first kappa shape index (κ1) is 15.3. The fraction of sp³-hybridized carbons (Fsp3) is 0.375. The molecule has 1 amide bonds. The first-order valence-electron chi connectivity index (χ1n) is 7.92. The molecule has 24 heavy (non-hydrogen) atoms. The maximum Gasteiger partial charge on any atom is 0.230 e. The smallest absolute Gasteiger partial charge is 0.230 e. The molecule has 3 aromatic rings. The van der Waals surface area contributed by atoms with E-state index in [4.69, 9.17) is 4.74 Å². The second kappa shape index (κ2) is 6.74. The van der Waals surface area contributed by atoms with Crippen LogP contribution in [0.3, 0.4) is 0 Å². The highest BCUT2D eigenvalue weighted by Gasteiger charge is 2.16. The zero-order valence-corrected chi connectivity index (χ0v) is 13.8. The van der Waals surface area contributed by atoms with E-state index in [0.29, 0.717) is 17.3 Å². The van der Waals surface area contributed by atoms with Crippen molar-refractivity contribution in [2.75, 3.05) is 18.9 Å². The SMILES string of the molecule is O=C(CSc1nnc2c(n1)[nH]c1ccccc12)NC[C@H]1CCCO1. The molecular weight excluding hydrogens is 326 g/mol. The minimum Gasteiger partial charge on any atom is -0.376 e. The molecule has 0 unspecified atom stereocenters. The van der Waals surface area contributed by atoms with Crippen molar-refractivity contribution in [1.82, 2.24) is 25.5 Å². The number of carbonyl (C=O) groups excluding carboxylic acids is 1. The molecule has 0 spiro atoms. The quantitative estimate of drug-likeness (QED) is 0.687. The lowest BCUT2D eigenvalue weighted by atomic mass is 10.2. The number of hydrogen-bond acceptors (Lipinski definition) is 6. The van der Waals surface area contributed by atoms with Crippen LogP contribution in [-0.2, 0) is 9.53 Å². The number of amides is 1. The molecule has 8 heteroatoms. The highest BCUT2D eigenvalue weighted by atomic mass is 32.2. The van der Waals surface area contributed by atoms with Gasteiger partial charge in [-0.25, -0.2) is 4.98 Å². The summed E-state index contributed by atoms with van der Waals surface area (Å²) >= 11 is 1.28. The van der Waals surface area contributed by atoms with E-state index in [1.54, 1.807) is 0 Å². The van der Waals surface area contributed by atoms with Gasteiger partial charge in [0.25, 0.3) is 0 Å². The van der Waals surface area contributed by atoms with E-state index in [-0.39, 0.29) is 17.8 Å². The van der Waals surface area contributed by atoms with Gasteiger partial charge >= 0.3 is 0 Å². The van der Waals surface area contributed by atoms with Crippen molar-refractivity contribution >= 4 is 39.7 Å². The van der Waals surface area contributed by atoms with Crippen molar-refractivity contribution in [3.05, 3.63) is 24.3 Å². The summed E-state index contributed by atoms with van der Waals surface area (Å²) in [5.74, 6) is 0.219. The molecule has 124 valence electrons. The highest BCUT2D eigenvalue weighted by molar-refractivity contribution is 7.99. The fourth-order valence-electron chi connectivity index (χ4n) is 2.78. The van der Waals surface area contributed by atoms with Gasteiger partial charge in [0.1, 0.15) is 5.52 Å².